The minimum absolute atomic E-state index is 0.217. The van der Waals surface area contributed by atoms with Crippen LogP contribution in [-0.4, -0.2) is 31.3 Å². The molecule has 0 aromatic carbocycles. The third-order valence-corrected chi connectivity index (χ3v) is 2.16. The van der Waals surface area contributed by atoms with Gasteiger partial charge in [-0.25, -0.2) is 0 Å². The van der Waals surface area contributed by atoms with E-state index >= 15 is 0 Å². The first-order chi connectivity index (χ1) is 6.45. The van der Waals surface area contributed by atoms with Crippen LogP contribution in [0, 0.1) is 0 Å². The minimum atomic E-state index is -4.25. The van der Waals surface area contributed by atoms with Gasteiger partial charge in [-0.3, -0.25) is 9.35 Å². The summed E-state index contributed by atoms with van der Waals surface area (Å²) in [5.41, 5.74) is 0. The topological polar surface area (TPSA) is 80.7 Å². The summed E-state index contributed by atoms with van der Waals surface area (Å²) in [4.78, 5) is 10.7. The van der Waals surface area contributed by atoms with Gasteiger partial charge >= 0.3 is 5.97 Å². The van der Waals surface area contributed by atoms with Crippen LogP contribution in [0.5, 0.6) is 0 Å². The number of rotatable bonds is 7. The van der Waals surface area contributed by atoms with E-state index in [4.69, 9.17) is 4.55 Å². The van der Waals surface area contributed by atoms with Gasteiger partial charge in [0.2, 0.25) is 0 Å². The van der Waals surface area contributed by atoms with E-state index in [2.05, 4.69) is 11.7 Å². The van der Waals surface area contributed by atoms with E-state index in [0.717, 1.165) is 25.7 Å². The Bertz CT molecular complexity index is 257. The average molecular weight is 224 g/mol. The predicted octanol–water partition coefficient (Wildman–Crippen LogP) is 0.998. The molecule has 0 saturated heterocycles. The van der Waals surface area contributed by atoms with Gasteiger partial charge in [-0.2, -0.15) is 8.42 Å². The average Bonchev–Trinajstić information content (AvgIpc) is 2.00. The van der Waals surface area contributed by atoms with Gasteiger partial charge in [0.1, 0.15) is 0 Å². The van der Waals surface area contributed by atoms with Crippen molar-refractivity contribution in [2.45, 2.75) is 32.6 Å². The quantitative estimate of drug-likeness (QED) is 0.396. The summed E-state index contributed by atoms with van der Waals surface area (Å²) in [6.45, 7) is 2.28. The highest BCUT2D eigenvalue weighted by Gasteiger charge is 2.13. The van der Waals surface area contributed by atoms with E-state index in [0.29, 0.717) is 0 Å². The van der Waals surface area contributed by atoms with Gasteiger partial charge in [0.15, 0.2) is 5.75 Å². The van der Waals surface area contributed by atoms with Crippen LogP contribution < -0.4 is 0 Å². The van der Waals surface area contributed by atoms with Crippen molar-refractivity contribution in [3.8, 4) is 0 Å². The van der Waals surface area contributed by atoms with E-state index in [1.165, 1.54) is 0 Å². The molecule has 0 heterocycles. The monoisotopic (exact) mass is 224 g/mol. The number of carbonyl (C=O) groups is 1. The summed E-state index contributed by atoms with van der Waals surface area (Å²) in [5.74, 6) is -1.86. The fourth-order valence-electron chi connectivity index (χ4n) is 0.905. The van der Waals surface area contributed by atoms with Gasteiger partial charge in [-0.05, 0) is 6.42 Å². The molecule has 0 saturated carbocycles. The highest BCUT2D eigenvalue weighted by atomic mass is 32.2. The van der Waals surface area contributed by atoms with Crippen LogP contribution in [0.15, 0.2) is 0 Å². The Balaban J connectivity index is 3.46. The normalized spacial score (nSPS) is 11.3. The minimum Gasteiger partial charge on any atom is -0.465 e. The molecule has 0 rings (SSSR count). The Labute approximate surface area is 84.2 Å². The molecule has 0 unspecified atom stereocenters. The van der Waals surface area contributed by atoms with Crippen LogP contribution in [-0.2, 0) is 19.6 Å². The van der Waals surface area contributed by atoms with Crippen LogP contribution in [0.25, 0.3) is 0 Å². The molecule has 0 fully saturated rings. The molecule has 0 atom stereocenters. The molecule has 0 aliphatic rings. The van der Waals surface area contributed by atoms with Gasteiger partial charge in [0.25, 0.3) is 10.1 Å². The fourth-order valence-corrected chi connectivity index (χ4v) is 1.29. The van der Waals surface area contributed by atoms with Crippen molar-refractivity contribution < 1.29 is 22.5 Å². The molecule has 5 nitrogen and oxygen atoms in total. The van der Waals surface area contributed by atoms with Crippen molar-refractivity contribution in [1.82, 2.24) is 0 Å². The Morgan fingerprint density at radius 3 is 2.43 bits per heavy atom. The zero-order valence-corrected chi connectivity index (χ0v) is 9.05. The van der Waals surface area contributed by atoms with Gasteiger partial charge in [0, 0.05) is 0 Å². The number of esters is 1. The van der Waals surface area contributed by atoms with Crippen molar-refractivity contribution in [3.63, 3.8) is 0 Å². The van der Waals surface area contributed by atoms with Crippen molar-refractivity contribution in [1.29, 1.82) is 0 Å². The zero-order chi connectivity index (χ0) is 11.0. The van der Waals surface area contributed by atoms with Crippen molar-refractivity contribution >= 4 is 16.1 Å². The Kier molecular flexibility index (Phi) is 6.48. The standard InChI is InChI=1S/C8H16O5S/c1-2-3-4-5-6-13-8(9)7-14(10,11)12/h2-7H2,1H3,(H,10,11,12). The van der Waals surface area contributed by atoms with Crippen LogP contribution in [0.4, 0.5) is 0 Å². The molecule has 84 valence electrons. The van der Waals surface area contributed by atoms with Gasteiger partial charge in [-0.1, -0.05) is 26.2 Å². The highest BCUT2D eigenvalue weighted by molar-refractivity contribution is 7.86. The Hall–Kier alpha value is -0.620. The summed E-state index contributed by atoms with van der Waals surface area (Å²) >= 11 is 0. The lowest BCUT2D eigenvalue weighted by molar-refractivity contribution is -0.140. The first-order valence-corrected chi connectivity index (χ1v) is 6.17. The molecule has 0 radical (unpaired) electrons. The third kappa shape index (κ3) is 9.47. The molecule has 0 bridgehead atoms. The number of hydrogen-bond acceptors (Lipinski definition) is 4. The summed E-state index contributed by atoms with van der Waals surface area (Å²) in [6.07, 6.45) is 3.83. The van der Waals surface area contributed by atoms with Gasteiger partial charge in [-0.15, -0.1) is 0 Å². The molecule has 0 aromatic heterocycles. The third-order valence-electron chi connectivity index (χ3n) is 1.56. The smallest absolute Gasteiger partial charge is 0.323 e. The lowest BCUT2D eigenvalue weighted by atomic mass is 10.2. The summed E-state index contributed by atoms with van der Waals surface area (Å²) in [7, 11) is -4.25. The highest BCUT2D eigenvalue weighted by Crippen LogP contribution is 1.99. The van der Waals surface area contributed by atoms with E-state index < -0.39 is 21.8 Å². The second-order valence-electron chi connectivity index (χ2n) is 3.01. The maximum absolute atomic E-state index is 10.7. The number of hydrogen-bond donors (Lipinski definition) is 1. The van der Waals surface area contributed by atoms with Crippen LogP contribution in [0.2, 0.25) is 0 Å². The second kappa shape index (κ2) is 6.78. The molecular weight excluding hydrogens is 208 g/mol. The van der Waals surface area contributed by atoms with Gasteiger partial charge in [0.05, 0.1) is 6.61 Å². The SMILES string of the molecule is CCCCCCOC(=O)CS(=O)(=O)O. The number of ether oxygens (including phenoxy) is 1. The van der Waals surface area contributed by atoms with E-state index in [1.807, 2.05) is 0 Å². The van der Waals surface area contributed by atoms with E-state index in [9.17, 15) is 13.2 Å². The lowest BCUT2D eigenvalue weighted by Gasteiger charge is -2.02. The second-order valence-corrected chi connectivity index (χ2v) is 4.46. The van der Waals surface area contributed by atoms with E-state index in [-0.39, 0.29) is 6.61 Å². The van der Waals surface area contributed by atoms with Crippen LogP contribution >= 0.6 is 0 Å². The summed E-state index contributed by atoms with van der Waals surface area (Å²) in [5, 5.41) is 0. The Morgan fingerprint density at radius 1 is 1.29 bits per heavy atom. The van der Waals surface area contributed by atoms with Gasteiger partial charge < -0.3 is 4.74 Å². The number of unbranched alkanes of at least 4 members (excludes halogenated alkanes) is 3. The predicted molar refractivity (Wildman–Crippen MR) is 51.5 cm³/mol. The molecule has 0 aromatic rings. The zero-order valence-electron chi connectivity index (χ0n) is 8.23. The molecule has 0 aliphatic heterocycles. The fraction of sp³-hybridized carbons (Fsp3) is 0.875. The maximum atomic E-state index is 10.7. The first kappa shape index (κ1) is 13.4. The summed E-state index contributed by atoms with van der Waals surface area (Å²) < 4.78 is 33.3. The number of carbonyl (C=O) groups excluding carboxylic acids is 1. The van der Waals surface area contributed by atoms with E-state index in [1.54, 1.807) is 0 Å². The van der Waals surface area contributed by atoms with Crippen molar-refractivity contribution in [2.24, 2.45) is 0 Å². The van der Waals surface area contributed by atoms with Crippen molar-refractivity contribution in [3.05, 3.63) is 0 Å². The molecule has 14 heavy (non-hydrogen) atoms. The Morgan fingerprint density at radius 2 is 1.93 bits per heavy atom. The largest absolute Gasteiger partial charge is 0.465 e. The maximum Gasteiger partial charge on any atom is 0.323 e. The molecule has 0 amide bonds. The molecular formula is C8H16O5S. The molecule has 0 spiro atoms. The van der Waals surface area contributed by atoms with Crippen molar-refractivity contribution in [2.75, 3.05) is 12.4 Å². The molecule has 1 N–H and O–H groups in total. The van der Waals surface area contributed by atoms with Crippen LogP contribution in [0.1, 0.15) is 32.6 Å². The molecule has 6 heteroatoms. The summed E-state index contributed by atoms with van der Waals surface area (Å²) in [6, 6.07) is 0. The lowest BCUT2D eigenvalue weighted by Crippen LogP contribution is -2.18. The van der Waals surface area contributed by atoms with Crippen LogP contribution in [0.3, 0.4) is 0 Å². The first-order valence-electron chi connectivity index (χ1n) is 4.56. The molecule has 0 aliphatic carbocycles.